The predicted octanol–water partition coefficient (Wildman–Crippen LogP) is 1.34. The van der Waals surface area contributed by atoms with Gasteiger partial charge in [-0.25, -0.2) is 4.98 Å². The molecule has 0 aliphatic heterocycles. The van der Waals surface area contributed by atoms with E-state index in [2.05, 4.69) is 20.5 Å². The summed E-state index contributed by atoms with van der Waals surface area (Å²) in [4.78, 5) is 28.7. The fourth-order valence-electron chi connectivity index (χ4n) is 1.73. The first kappa shape index (κ1) is 15.8. The Morgan fingerprint density at radius 2 is 2.23 bits per heavy atom. The first-order valence-electron chi connectivity index (χ1n) is 6.45. The van der Waals surface area contributed by atoms with E-state index in [9.17, 15) is 9.59 Å². The number of anilines is 2. The van der Waals surface area contributed by atoms with Crippen molar-refractivity contribution in [3.63, 3.8) is 0 Å². The summed E-state index contributed by atoms with van der Waals surface area (Å²) in [6.45, 7) is 1.96. The Kier molecular flexibility index (Phi) is 4.99. The monoisotopic (exact) mass is 321 g/mol. The van der Waals surface area contributed by atoms with Crippen LogP contribution in [0, 0.1) is 5.92 Å². The normalized spacial score (nSPS) is 11.7. The van der Waals surface area contributed by atoms with Crippen LogP contribution in [-0.4, -0.2) is 45.8 Å². The van der Waals surface area contributed by atoms with Crippen LogP contribution < -0.4 is 10.2 Å². The molecule has 116 valence electrons. The van der Waals surface area contributed by atoms with Crippen LogP contribution in [-0.2, 0) is 4.79 Å². The molecule has 0 radical (unpaired) electrons. The van der Waals surface area contributed by atoms with Gasteiger partial charge in [-0.2, -0.15) is 0 Å². The molecule has 2 aromatic rings. The molecule has 2 heterocycles. The summed E-state index contributed by atoms with van der Waals surface area (Å²) in [5, 5.41) is 19.3. The van der Waals surface area contributed by atoms with E-state index >= 15 is 0 Å². The van der Waals surface area contributed by atoms with Crippen molar-refractivity contribution in [1.29, 1.82) is 0 Å². The zero-order valence-corrected chi connectivity index (χ0v) is 12.9. The van der Waals surface area contributed by atoms with Crippen LogP contribution in [0.25, 0.3) is 0 Å². The molecule has 0 bridgehead atoms. The Balaban J connectivity index is 2.00. The van der Waals surface area contributed by atoms with Gasteiger partial charge in [-0.1, -0.05) is 18.3 Å². The van der Waals surface area contributed by atoms with Crippen LogP contribution in [0.3, 0.4) is 0 Å². The Labute approximate surface area is 130 Å². The standard InChI is InChI=1S/C13H15N5O3S/c1-8(12(20)21)6-18(2)10-4-3-9(5-14-10)11(19)16-13-17-15-7-22-13/h3-5,7-8H,6H2,1-2H3,(H,20,21)(H,16,17,19). The molecule has 8 nitrogen and oxygen atoms in total. The molecule has 1 atom stereocenters. The lowest BCUT2D eigenvalue weighted by molar-refractivity contribution is -0.140. The molecule has 0 fully saturated rings. The molecular formula is C13H15N5O3S. The second-order valence-electron chi connectivity index (χ2n) is 4.72. The highest BCUT2D eigenvalue weighted by atomic mass is 32.1. The molecule has 1 unspecified atom stereocenters. The quantitative estimate of drug-likeness (QED) is 0.826. The summed E-state index contributed by atoms with van der Waals surface area (Å²) in [5.41, 5.74) is 1.91. The van der Waals surface area contributed by atoms with Gasteiger partial charge in [0.2, 0.25) is 5.13 Å². The van der Waals surface area contributed by atoms with Gasteiger partial charge in [0.05, 0.1) is 11.5 Å². The van der Waals surface area contributed by atoms with Crippen LogP contribution in [0.4, 0.5) is 10.9 Å². The average Bonchev–Trinajstić information content (AvgIpc) is 3.00. The molecule has 0 spiro atoms. The third-order valence-corrected chi connectivity index (χ3v) is 3.56. The van der Waals surface area contributed by atoms with Gasteiger partial charge in [-0.15, -0.1) is 10.2 Å². The molecule has 9 heteroatoms. The van der Waals surface area contributed by atoms with Crippen LogP contribution >= 0.6 is 11.3 Å². The van der Waals surface area contributed by atoms with Gasteiger partial charge in [0.15, 0.2) is 0 Å². The first-order chi connectivity index (χ1) is 10.5. The van der Waals surface area contributed by atoms with E-state index in [0.717, 1.165) is 0 Å². The molecule has 0 aliphatic rings. The van der Waals surface area contributed by atoms with Crippen molar-refractivity contribution in [2.45, 2.75) is 6.92 Å². The van der Waals surface area contributed by atoms with E-state index in [1.54, 1.807) is 31.0 Å². The van der Waals surface area contributed by atoms with Crippen molar-refractivity contribution in [1.82, 2.24) is 15.2 Å². The number of nitrogens with zero attached hydrogens (tertiary/aromatic N) is 4. The van der Waals surface area contributed by atoms with E-state index in [-0.39, 0.29) is 5.91 Å². The second-order valence-corrected chi connectivity index (χ2v) is 5.56. The fourth-order valence-corrected chi connectivity index (χ4v) is 2.17. The maximum absolute atomic E-state index is 12.0. The van der Waals surface area contributed by atoms with Gasteiger partial charge in [0.25, 0.3) is 5.91 Å². The topological polar surface area (TPSA) is 108 Å². The van der Waals surface area contributed by atoms with Crippen LogP contribution in [0.2, 0.25) is 0 Å². The molecular weight excluding hydrogens is 306 g/mol. The Morgan fingerprint density at radius 3 is 2.77 bits per heavy atom. The second kappa shape index (κ2) is 6.94. The maximum Gasteiger partial charge on any atom is 0.308 e. The average molecular weight is 321 g/mol. The summed E-state index contributed by atoms with van der Waals surface area (Å²) in [6, 6.07) is 3.30. The number of carbonyl (C=O) groups excluding carboxylic acids is 1. The van der Waals surface area contributed by atoms with E-state index in [4.69, 9.17) is 5.11 Å². The van der Waals surface area contributed by atoms with Crippen molar-refractivity contribution in [2.75, 3.05) is 23.8 Å². The van der Waals surface area contributed by atoms with Gasteiger partial charge in [-0.3, -0.25) is 14.9 Å². The fraction of sp³-hybridized carbons (Fsp3) is 0.308. The van der Waals surface area contributed by atoms with Crippen molar-refractivity contribution >= 4 is 34.2 Å². The number of carboxylic acids is 1. The SMILES string of the molecule is CC(CN(C)c1ccc(C(=O)Nc2nncs2)cn1)C(=O)O. The van der Waals surface area contributed by atoms with Crippen LogP contribution in [0.15, 0.2) is 23.8 Å². The zero-order chi connectivity index (χ0) is 16.1. The number of carbonyl (C=O) groups is 2. The largest absolute Gasteiger partial charge is 0.481 e. The molecule has 22 heavy (non-hydrogen) atoms. The van der Waals surface area contributed by atoms with Gasteiger partial charge in [-0.05, 0) is 12.1 Å². The van der Waals surface area contributed by atoms with Gasteiger partial charge >= 0.3 is 5.97 Å². The van der Waals surface area contributed by atoms with E-state index in [0.29, 0.717) is 23.1 Å². The molecule has 0 saturated heterocycles. The maximum atomic E-state index is 12.0. The number of hydrogen-bond acceptors (Lipinski definition) is 7. The number of carboxylic acid groups (broad SMARTS) is 1. The predicted molar refractivity (Wildman–Crippen MR) is 82.2 cm³/mol. The lowest BCUT2D eigenvalue weighted by Crippen LogP contribution is -2.29. The molecule has 2 rings (SSSR count). The number of nitrogens with one attached hydrogen (secondary N) is 1. The minimum Gasteiger partial charge on any atom is -0.481 e. The number of rotatable bonds is 6. The Morgan fingerprint density at radius 1 is 1.45 bits per heavy atom. The van der Waals surface area contributed by atoms with E-state index in [1.165, 1.54) is 23.0 Å². The molecule has 0 aliphatic carbocycles. The molecule has 0 aromatic carbocycles. The molecule has 0 saturated carbocycles. The van der Waals surface area contributed by atoms with Crippen LogP contribution in [0.5, 0.6) is 0 Å². The summed E-state index contributed by atoms with van der Waals surface area (Å²) in [5.74, 6) is -1.09. The number of amides is 1. The number of hydrogen-bond donors (Lipinski definition) is 2. The van der Waals surface area contributed by atoms with Crippen molar-refractivity contribution in [3.8, 4) is 0 Å². The third-order valence-electron chi connectivity index (χ3n) is 2.95. The van der Waals surface area contributed by atoms with Crippen molar-refractivity contribution < 1.29 is 14.7 Å². The molecule has 2 aromatic heterocycles. The van der Waals surface area contributed by atoms with Gasteiger partial charge < -0.3 is 10.0 Å². The minimum atomic E-state index is -0.861. The lowest BCUT2D eigenvalue weighted by atomic mass is 10.2. The minimum absolute atomic E-state index is 0.322. The highest BCUT2D eigenvalue weighted by Crippen LogP contribution is 2.14. The summed E-state index contributed by atoms with van der Waals surface area (Å²) >= 11 is 1.23. The summed E-state index contributed by atoms with van der Waals surface area (Å²) < 4.78 is 0. The Hall–Kier alpha value is -2.55. The van der Waals surface area contributed by atoms with Gasteiger partial charge in [0, 0.05) is 19.8 Å². The molecule has 2 N–H and O–H groups in total. The van der Waals surface area contributed by atoms with Gasteiger partial charge in [0.1, 0.15) is 11.3 Å². The van der Waals surface area contributed by atoms with Crippen LogP contribution in [0.1, 0.15) is 17.3 Å². The van der Waals surface area contributed by atoms with Crippen molar-refractivity contribution in [2.24, 2.45) is 5.92 Å². The molecule has 1 amide bonds. The Bertz CT molecular complexity index is 644. The highest BCUT2D eigenvalue weighted by Gasteiger charge is 2.15. The highest BCUT2D eigenvalue weighted by molar-refractivity contribution is 7.13. The summed E-state index contributed by atoms with van der Waals surface area (Å²) in [6.07, 6.45) is 1.44. The van der Waals surface area contributed by atoms with E-state index < -0.39 is 11.9 Å². The third kappa shape index (κ3) is 3.98. The van der Waals surface area contributed by atoms with Crippen molar-refractivity contribution in [3.05, 3.63) is 29.4 Å². The number of aromatic nitrogens is 3. The zero-order valence-electron chi connectivity index (χ0n) is 12.1. The first-order valence-corrected chi connectivity index (χ1v) is 7.33. The smallest absolute Gasteiger partial charge is 0.308 e. The van der Waals surface area contributed by atoms with E-state index in [1.807, 2.05) is 0 Å². The number of aliphatic carboxylic acids is 1. The number of pyridine rings is 1. The summed E-state index contributed by atoms with van der Waals surface area (Å²) in [7, 11) is 1.75. The lowest BCUT2D eigenvalue weighted by Gasteiger charge is -2.20.